The van der Waals surface area contributed by atoms with Crippen molar-refractivity contribution in [3.8, 4) is 5.75 Å². The van der Waals surface area contributed by atoms with Gasteiger partial charge >= 0.3 is 0 Å². The lowest BCUT2D eigenvalue weighted by Gasteiger charge is -2.05. The first-order chi connectivity index (χ1) is 11.7. The van der Waals surface area contributed by atoms with Crippen LogP contribution in [0.3, 0.4) is 0 Å². The van der Waals surface area contributed by atoms with E-state index in [1.807, 2.05) is 67.6 Å². The molecule has 0 radical (unpaired) electrons. The zero-order valence-electron chi connectivity index (χ0n) is 13.4. The molecular weight excluding hydrogens is 300 g/mol. The fourth-order valence-electron chi connectivity index (χ4n) is 2.35. The lowest BCUT2D eigenvalue weighted by Crippen LogP contribution is -2.24. The van der Waals surface area contributed by atoms with Crippen molar-refractivity contribution in [3.05, 3.63) is 77.9 Å². The van der Waals surface area contributed by atoms with E-state index in [1.165, 1.54) is 5.39 Å². The van der Waals surface area contributed by atoms with E-state index in [-0.39, 0.29) is 12.5 Å². The smallest absolute Gasteiger partial charge is 0.277 e. The van der Waals surface area contributed by atoms with Crippen LogP contribution >= 0.6 is 0 Å². The monoisotopic (exact) mass is 318 g/mol. The van der Waals surface area contributed by atoms with Gasteiger partial charge in [0, 0.05) is 0 Å². The average Bonchev–Trinajstić information content (AvgIpc) is 2.60. The Morgan fingerprint density at radius 2 is 1.88 bits per heavy atom. The molecule has 24 heavy (non-hydrogen) atoms. The molecule has 0 bridgehead atoms. The van der Waals surface area contributed by atoms with Crippen LogP contribution in [0.15, 0.2) is 71.8 Å². The zero-order valence-corrected chi connectivity index (χ0v) is 13.4. The van der Waals surface area contributed by atoms with Crippen molar-refractivity contribution in [1.29, 1.82) is 0 Å². The van der Waals surface area contributed by atoms with Crippen LogP contribution in [0, 0.1) is 6.92 Å². The minimum Gasteiger partial charge on any atom is -0.484 e. The molecular formula is C20H18N2O2. The first kappa shape index (κ1) is 15.7. The second-order valence-electron chi connectivity index (χ2n) is 5.50. The molecule has 1 N–H and O–H groups in total. The molecule has 0 aliphatic heterocycles. The molecule has 120 valence electrons. The van der Waals surface area contributed by atoms with Crippen LogP contribution in [-0.2, 0) is 4.79 Å². The molecule has 0 saturated heterocycles. The quantitative estimate of drug-likeness (QED) is 0.576. The van der Waals surface area contributed by atoms with E-state index in [4.69, 9.17) is 4.74 Å². The third-order valence-corrected chi connectivity index (χ3v) is 3.54. The highest BCUT2D eigenvalue weighted by atomic mass is 16.5. The number of benzene rings is 3. The normalized spacial score (nSPS) is 10.9. The topological polar surface area (TPSA) is 50.7 Å². The number of aryl methyl sites for hydroxylation is 1. The van der Waals surface area contributed by atoms with Crippen LogP contribution in [-0.4, -0.2) is 18.7 Å². The van der Waals surface area contributed by atoms with Gasteiger partial charge in [-0.3, -0.25) is 4.79 Å². The van der Waals surface area contributed by atoms with E-state index in [0.717, 1.165) is 16.5 Å². The van der Waals surface area contributed by atoms with Crippen LogP contribution < -0.4 is 10.2 Å². The zero-order chi connectivity index (χ0) is 16.8. The summed E-state index contributed by atoms with van der Waals surface area (Å²) in [6.07, 6.45) is 1.62. The highest BCUT2D eigenvalue weighted by Crippen LogP contribution is 2.14. The minimum absolute atomic E-state index is 0.0709. The summed E-state index contributed by atoms with van der Waals surface area (Å²) in [5.41, 5.74) is 4.48. The number of rotatable bonds is 5. The SMILES string of the molecule is Cc1cccc(OCC(=O)NN=Cc2ccc3ccccc3c2)c1. The van der Waals surface area contributed by atoms with Gasteiger partial charge in [-0.15, -0.1) is 0 Å². The number of carbonyl (C=O) groups excluding carboxylic acids is 1. The fraction of sp³-hybridized carbons (Fsp3) is 0.100. The van der Waals surface area contributed by atoms with Gasteiger partial charge in [0.05, 0.1) is 6.21 Å². The Morgan fingerprint density at radius 3 is 2.71 bits per heavy atom. The number of carbonyl (C=O) groups is 1. The van der Waals surface area contributed by atoms with Gasteiger partial charge in [0.1, 0.15) is 5.75 Å². The minimum atomic E-state index is -0.298. The van der Waals surface area contributed by atoms with Crippen molar-refractivity contribution in [2.24, 2.45) is 5.10 Å². The van der Waals surface area contributed by atoms with Gasteiger partial charge in [0.25, 0.3) is 5.91 Å². The summed E-state index contributed by atoms with van der Waals surface area (Å²) in [5, 5.41) is 6.28. The summed E-state index contributed by atoms with van der Waals surface area (Å²) < 4.78 is 5.42. The van der Waals surface area contributed by atoms with Crippen molar-refractivity contribution < 1.29 is 9.53 Å². The van der Waals surface area contributed by atoms with E-state index in [9.17, 15) is 4.79 Å². The van der Waals surface area contributed by atoms with E-state index < -0.39 is 0 Å². The van der Waals surface area contributed by atoms with Gasteiger partial charge in [-0.2, -0.15) is 5.10 Å². The highest BCUT2D eigenvalue weighted by Gasteiger charge is 2.01. The Labute approximate surface area is 140 Å². The molecule has 0 fully saturated rings. The summed E-state index contributed by atoms with van der Waals surface area (Å²) in [6, 6.07) is 21.7. The molecule has 0 saturated carbocycles. The first-order valence-corrected chi connectivity index (χ1v) is 7.71. The summed E-state index contributed by atoms with van der Waals surface area (Å²) >= 11 is 0. The Bertz CT molecular complexity index is 887. The number of nitrogens with zero attached hydrogens (tertiary/aromatic N) is 1. The second kappa shape index (κ2) is 7.42. The molecule has 3 rings (SSSR count). The second-order valence-corrected chi connectivity index (χ2v) is 5.50. The summed E-state index contributed by atoms with van der Waals surface area (Å²) in [7, 11) is 0. The predicted octanol–water partition coefficient (Wildman–Crippen LogP) is 3.68. The van der Waals surface area contributed by atoms with E-state index in [2.05, 4.69) is 16.6 Å². The molecule has 0 aliphatic carbocycles. The number of amides is 1. The Kier molecular flexibility index (Phi) is 4.87. The molecule has 4 heteroatoms. The summed E-state index contributed by atoms with van der Waals surface area (Å²) in [4.78, 5) is 11.8. The van der Waals surface area contributed by atoms with Gasteiger partial charge in [0.15, 0.2) is 6.61 Å². The molecule has 1 amide bonds. The first-order valence-electron chi connectivity index (χ1n) is 7.71. The Morgan fingerprint density at radius 1 is 1.04 bits per heavy atom. The van der Waals surface area contributed by atoms with Gasteiger partial charge < -0.3 is 4.74 Å². The van der Waals surface area contributed by atoms with Crippen LogP contribution in [0.1, 0.15) is 11.1 Å². The van der Waals surface area contributed by atoms with Crippen LogP contribution in [0.25, 0.3) is 10.8 Å². The molecule has 3 aromatic rings. The largest absolute Gasteiger partial charge is 0.484 e. The lowest BCUT2D eigenvalue weighted by atomic mass is 10.1. The average molecular weight is 318 g/mol. The highest BCUT2D eigenvalue weighted by molar-refractivity contribution is 5.90. The van der Waals surface area contributed by atoms with Crippen molar-refractivity contribution >= 4 is 22.9 Å². The van der Waals surface area contributed by atoms with E-state index >= 15 is 0 Å². The Hall–Kier alpha value is -3.14. The molecule has 0 aliphatic rings. The van der Waals surface area contributed by atoms with Gasteiger partial charge in [-0.25, -0.2) is 5.43 Å². The van der Waals surface area contributed by atoms with Crippen LogP contribution in [0.2, 0.25) is 0 Å². The van der Waals surface area contributed by atoms with Gasteiger partial charge in [0.2, 0.25) is 0 Å². The standard InChI is InChI=1S/C20H18N2O2/c1-15-5-4-8-19(11-15)24-14-20(23)22-21-13-16-9-10-17-6-2-3-7-18(17)12-16/h2-13H,14H2,1H3,(H,22,23). The van der Waals surface area contributed by atoms with Gasteiger partial charge in [-0.05, 0) is 47.0 Å². The third-order valence-electron chi connectivity index (χ3n) is 3.54. The third kappa shape index (κ3) is 4.20. The summed E-state index contributed by atoms with van der Waals surface area (Å²) in [5.74, 6) is 0.372. The molecule has 0 heterocycles. The van der Waals surface area contributed by atoms with E-state index in [0.29, 0.717) is 5.75 Å². The molecule has 4 nitrogen and oxygen atoms in total. The van der Waals surface area contributed by atoms with E-state index in [1.54, 1.807) is 6.21 Å². The maximum Gasteiger partial charge on any atom is 0.277 e. The van der Waals surface area contributed by atoms with Crippen molar-refractivity contribution in [2.75, 3.05) is 6.61 Å². The lowest BCUT2D eigenvalue weighted by molar-refractivity contribution is -0.123. The summed E-state index contributed by atoms with van der Waals surface area (Å²) in [6.45, 7) is 1.90. The van der Waals surface area contributed by atoms with Crippen molar-refractivity contribution in [3.63, 3.8) is 0 Å². The number of nitrogens with one attached hydrogen (secondary N) is 1. The van der Waals surface area contributed by atoms with Crippen molar-refractivity contribution in [2.45, 2.75) is 6.92 Å². The van der Waals surface area contributed by atoms with Gasteiger partial charge in [-0.1, -0.05) is 48.5 Å². The number of hydrogen-bond acceptors (Lipinski definition) is 3. The number of fused-ring (bicyclic) bond motifs is 1. The molecule has 0 spiro atoms. The maximum absolute atomic E-state index is 11.8. The van der Waals surface area contributed by atoms with Crippen LogP contribution in [0.4, 0.5) is 0 Å². The number of hydrazone groups is 1. The maximum atomic E-state index is 11.8. The van der Waals surface area contributed by atoms with Crippen LogP contribution in [0.5, 0.6) is 5.75 Å². The molecule has 3 aromatic carbocycles. The fourth-order valence-corrected chi connectivity index (χ4v) is 2.35. The predicted molar refractivity (Wildman–Crippen MR) is 96.4 cm³/mol. The van der Waals surface area contributed by atoms with Crippen molar-refractivity contribution in [1.82, 2.24) is 5.43 Å². The molecule has 0 unspecified atom stereocenters. The number of hydrogen-bond donors (Lipinski definition) is 1. The Balaban J connectivity index is 1.54. The molecule has 0 aromatic heterocycles. The number of ether oxygens (including phenoxy) is 1. The molecule has 0 atom stereocenters.